The van der Waals surface area contributed by atoms with Crippen LogP contribution in [0.4, 0.5) is 0 Å². The van der Waals surface area contributed by atoms with Gasteiger partial charge in [0.1, 0.15) is 0 Å². The van der Waals surface area contributed by atoms with Crippen molar-refractivity contribution in [3.63, 3.8) is 0 Å². The van der Waals surface area contributed by atoms with Crippen LogP contribution in [0.25, 0.3) is 0 Å². The lowest BCUT2D eigenvalue weighted by atomic mass is 10.0. The smallest absolute Gasteiger partial charge is 0.300 e. The Labute approximate surface area is 151 Å². The Morgan fingerprint density at radius 3 is 1.00 bits per heavy atom. The monoisotopic (exact) mass is 344 g/mol. The molecule has 0 unspecified atom stereocenters. The standard InChI is InChI=1S/C19H40O.C2H4O2/c1-2-3-4-5-6-7-8-9-10-11-12-13-14-15-16-17-18-19-20;1-2(3)4/h20H,2-19H2,1H3;1H3,(H,3,4). The molecule has 0 aromatic heterocycles. The molecule has 0 aromatic rings. The van der Waals surface area contributed by atoms with Gasteiger partial charge < -0.3 is 10.2 Å². The van der Waals surface area contributed by atoms with E-state index < -0.39 is 5.97 Å². The lowest BCUT2D eigenvalue weighted by molar-refractivity contribution is -0.134. The summed E-state index contributed by atoms with van der Waals surface area (Å²) in [6, 6.07) is 0. The summed E-state index contributed by atoms with van der Waals surface area (Å²) in [5, 5.41) is 16.1. The second-order valence-electron chi connectivity index (χ2n) is 6.90. The van der Waals surface area contributed by atoms with E-state index in [9.17, 15) is 0 Å². The number of aliphatic hydroxyl groups is 1. The van der Waals surface area contributed by atoms with Crippen LogP contribution in [-0.2, 0) is 4.79 Å². The van der Waals surface area contributed by atoms with Gasteiger partial charge in [-0.15, -0.1) is 0 Å². The Kier molecular flexibility index (Phi) is 26.4. The topological polar surface area (TPSA) is 57.5 Å². The van der Waals surface area contributed by atoms with Gasteiger partial charge in [-0.2, -0.15) is 0 Å². The summed E-state index contributed by atoms with van der Waals surface area (Å²) in [6.45, 7) is 3.74. The third-order valence-corrected chi connectivity index (χ3v) is 4.26. The normalized spacial score (nSPS) is 10.3. The molecule has 0 aliphatic heterocycles. The number of rotatable bonds is 17. The minimum Gasteiger partial charge on any atom is -0.481 e. The van der Waals surface area contributed by atoms with Gasteiger partial charge in [0.15, 0.2) is 0 Å². The maximum absolute atomic E-state index is 9.00. The van der Waals surface area contributed by atoms with E-state index in [1.165, 1.54) is 103 Å². The molecule has 0 radical (unpaired) electrons. The second kappa shape index (κ2) is 24.7. The van der Waals surface area contributed by atoms with Crippen molar-refractivity contribution in [1.82, 2.24) is 0 Å². The van der Waals surface area contributed by atoms with E-state index in [4.69, 9.17) is 15.0 Å². The summed E-state index contributed by atoms with van der Waals surface area (Å²) in [7, 11) is 0. The van der Waals surface area contributed by atoms with E-state index in [2.05, 4.69) is 6.92 Å². The van der Waals surface area contributed by atoms with Crippen molar-refractivity contribution in [3.05, 3.63) is 0 Å². The molecule has 0 aliphatic carbocycles. The predicted octanol–water partition coefficient (Wildman–Crippen LogP) is 6.72. The second-order valence-corrected chi connectivity index (χ2v) is 6.90. The largest absolute Gasteiger partial charge is 0.481 e. The van der Waals surface area contributed by atoms with E-state index in [-0.39, 0.29) is 0 Å². The van der Waals surface area contributed by atoms with E-state index in [0.717, 1.165) is 13.3 Å². The number of carboxylic acids is 1. The summed E-state index contributed by atoms with van der Waals surface area (Å²) < 4.78 is 0. The molecule has 0 saturated carbocycles. The van der Waals surface area contributed by atoms with Crippen LogP contribution in [0, 0.1) is 0 Å². The van der Waals surface area contributed by atoms with Crippen molar-refractivity contribution in [1.29, 1.82) is 0 Å². The quantitative estimate of drug-likeness (QED) is 0.288. The molecule has 0 heterocycles. The molecule has 0 spiro atoms. The molecule has 0 amide bonds. The highest BCUT2D eigenvalue weighted by Gasteiger charge is 1.94. The van der Waals surface area contributed by atoms with Gasteiger partial charge in [-0.25, -0.2) is 0 Å². The fourth-order valence-corrected chi connectivity index (χ4v) is 2.84. The summed E-state index contributed by atoms with van der Waals surface area (Å²) in [4.78, 5) is 9.00. The third-order valence-electron chi connectivity index (χ3n) is 4.26. The van der Waals surface area contributed by atoms with Crippen LogP contribution in [0.5, 0.6) is 0 Å². The Morgan fingerprint density at radius 2 is 0.792 bits per heavy atom. The molecule has 0 rings (SSSR count). The SMILES string of the molecule is CC(=O)O.CCCCCCCCCCCCCCCCCCCO. The number of hydrogen-bond donors (Lipinski definition) is 2. The van der Waals surface area contributed by atoms with Gasteiger partial charge in [0.2, 0.25) is 0 Å². The van der Waals surface area contributed by atoms with E-state index in [1.807, 2.05) is 0 Å². The third kappa shape index (κ3) is 33.1. The van der Waals surface area contributed by atoms with Crippen molar-refractivity contribution < 1.29 is 15.0 Å². The average Bonchev–Trinajstić information content (AvgIpc) is 2.54. The van der Waals surface area contributed by atoms with Gasteiger partial charge in [0, 0.05) is 13.5 Å². The maximum Gasteiger partial charge on any atom is 0.300 e. The minimum atomic E-state index is -0.833. The summed E-state index contributed by atoms with van der Waals surface area (Å²) in [5.74, 6) is -0.833. The maximum atomic E-state index is 9.00. The molecular weight excluding hydrogens is 300 g/mol. The highest BCUT2D eigenvalue weighted by atomic mass is 16.4. The highest BCUT2D eigenvalue weighted by molar-refractivity contribution is 5.62. The first-order valence-corrected chi connectivity index (χ1v) is 10.5. The number of carbonyl (C=O) groups is 1. The number of aliphatic carboxylic acids is 1. The number of hydrogen-bond acceptors (Lipinski definition) is 2. The zero-order chi connectivity index (χ0) is 18.3. The van der Waals surface area contributed by atoms with Crippen LogP contribution >= 0.6 is 0 Å². The molecule has 0 fully saturated rings. The summed E-state index contributed by atoms with van der Waals surface area (Å²) in [6.07, 6.45) is 23.7. The molecule has 146 valence electrons. The first-order chi connectivity index (χ1) is 11.6. The van der Waals surface area contributed by atoms with Gasteiger partial charge in [-0.3, -0.25) is 4.79 Å². The van der Waals surface area contributed by atoms with Crippen molar-refractivity contribution in [2.75, 3.05) is 6.61 Å². The van der Waals surface area contributed by atoms with Crippen molar-refractivity contribution >= 4 is 5.97 Å². The number of unbranched alkanes of at least 4 members (excludes halogenated alkanes) is 16. The Hall–Kier alpha value is -0.570. The highest BCUT2D eigenvalue weighted by Crippen LogP contribution is 2.13. The molecule has 0 saturated heterocycles. The minimum absolute atomic E-state index is 0.374. The van der Waals surface area contributed by atoms with E-state index in [0.29, 0.717) is 6.61 Å². The summed E-state index contributed by atoms with van der Waals surface area (Å²) in [5.41, 5.74) is 0. The number of aliphatic hydroxyl groups excluding tert-OH is 1. The summed E-state index contributed by atoms with van der Waals surface area (Å²) >= 11 is 0. The molecule has 0 atom stereocenters. The lowest BCUT2D eigenvalue weighted by Gasteiger charge is -2.03. The average molecular weight is 345 g/mol. The van der Waals surface area contributed by atoms with Crippen LogP contribution in [0.3, 0.4) is 0 Å². The van der Waals surface area contributed by atoms with Crippen LogP contribution in [-0.4, -0.2) is 22.8 Å². The molecule has 0 aromatic carbocycles. The van der Waals surface area contributed by atoms with Gasteiger partial charge in [-0.05, 0) is 6.42 Å². The zero-order valence-corrected chi connectivity index (χ0v) is 16.5. The molecule has 24 heavy (non-hydrogen) atoms. The van der Waals surface area contributed by atoms with Gasteiger partial charge in [0.05, 0.1) is 0 Å². The molecule has 3 nitrogen and oxygen atoms in total. The predicted molar refractivity (Wildman–Crippen MR) is 105 cm³/mol. The van der Waals surface area contributed by atoms with Crippen LogP contribution in [0.1, 0.15) is 123 Å². The first-order valence-electron chi connectivity index (χ1n) is 10.5. The molecule has 0 aliphatic rings. The van der Waals surface area contributed by atoms with Gasteiger partial charge in [-0.1, -0.05) is 110 Å². The van der Waals surface area contributed by atoms with Gasteiger partial charge in [0.25, 0.3) is 5.97 Å². The molecule has 2 N–H and O–H groups in total. The van der Waals surface area contributed by atoms with E-state index in [1.54, 1.807) is 0 Å². The van der Waals surface area contributed by atoms with Crippen molar-refractivity contribution in [2.45, 2.75) is 123 Å². The van der Waals surface area contributed by atoms with Gasteiger partial charge >= 0.3 is 0 Å². The Bertz CT molecular complexity index is 207. The fraction of sp³-hybridized carbons (Fsp3) is 0.952. The molecule has 3 heteroatoms. The lowest BCUT2D eigenvalue weighted by Crippen LogP contribution is -1.85. The fourth-order valence-electron chi connectivity index (χ4n) is 2.84. The molecular formula is C21H44O3. The van der Waals surface area contributed by atoms with E-state index >= 15 is 0 Å². The first kappa shape index (κ1) is 25.7. The molecule has 0 bridgehead atoms. The number of carboxylic acid groups (broad SMARTS) is 1. The Balaban J connectivity index is 0. The van der Waals surface area contributed by atoms with Crippen molar-refractivity contribution in [3.8, 4) is 0 Å². The van der Waals surface area contributed by atoms with Crippen molar-refractivity contribution in [2.24, 2.45) is 0 Å². The van der Waals surface area contributed by atoms with Crippen LogP contribution < -0.4 is 0 Å². The zero-order valence-electron chi connectivity index (χ0n) is 16.5. The van der Waals surface area contributed by atoms with Crippen LogP contribution in [0.2, 0.25) is 0 Å². The van der Waals surface area contributed by atoms with Crippen LogP contribution in [0.15, 0.2) is 0 Å². The Morgan fingerprint density at radius 1 is 0.583 bits per heavy atom.